The van der Waals surface area contributed by atoms with Crippen LogP contribution in [0.5, 0.6) is 0 Å². The third-order valence-electron chi connectivity index (χ3n) is 4.14. The molecule has 0 bridgehead atoms. The van der Waals surface area contributed by atoms with Gasteiger partial charge in [-0.3, -0.25) is 9.69 Å². The molecular weight excluding hydrogens is 365 g/mol. The smallest absolute Gasteiger partial charge is 0.390 e. The van der Waals surface area contributed by atoms with E-state index in [1.165, 1.54) is 13.3 Å². The molecule has 0 aliphatic carbocycles. The number of piperazine rings is 1. The van der Waals surface area contributed by atoms with Crippen LogP contribution in [0, 0.1) is 0 Å². The Balaban J connectivity index is 2.08. The first kappa shape index (κ1) is 20.7. The zero-order valence-electron chi connectivity index (χ0n) is 14.9. The van der Waals surface area contributed by atoms with Gasteiger partial charge in [-0.05, 0) is 12.1 Å². The lowest BCUT2D eigenvalue weighted by atomic mass is 10.2. The highest BCUT2D eigenvalue weighted by Crippen LogP contribution is 2.24. The van der Waals surface area contributed by atoms with Crippen LogP contribution in [0.25, 0.3) is 0 Å². The van der Waals surface area contributed by atoms with Crippen LogP contribution < -0.4 is 10.2 Å². The Labute approximate surface area is 154 Å². The summed E-state index contributed by atoms with van der Waals surface area (Å²) in [7, 11) is 1.21. The van der Waals surface area contributed by atoms with Crippen molar-refractivity contribution in [2.45, 2.75) is 12.6 Å². The number of methoxy groups -OCH3 is 1. The summed E-state index contributed by atoms with van der Waals surface area (Å²) in [5.41, 5.74) is 0.793. The maximum atomic E-state index is 12.3. The molecule has 27 heavy (non-hydrogen) atoms. The number of esters is 1. The zero-order chi connectivity index (χ0) is 20.0. The molecule has 10 heteroatoms. The van der Waals surface area contributed by atoms with Crippen molar-refractivity contribution in [1.29, 1.82) is 0 Å². The van der Waals surface area contributed by atoms with Crippen LogP contribution >= 0.6 is 0 Å². The van der Waals surface area contributed by atoms with E-state index in [0.717, 1.165) is 6.08 Å². The third kappa shape index (κ3) is 5.95. The lowest BCUT2D eigenvalue weighted by Gasteiger charge is -2.36. The molecule has 1 aliphatic heterocycles. The Morgan fingerprint density at radius 1 is 1.33 bits per heavy atom. The first-order chi connectivity index (χ1) is 12.7. The molecule has 0 aromatic carbocycles. The van der Waals surface area contributed by atoms with Gasteiger partial charge in [0.2, 0.25) is 5.91 Å². The molecule has 2 heterocycles. The van der Waals surface area contributed by atoms with Crippen molar-refractivity contribution in [2.24, 2.45) is 0 Å². The number of pyridine rings is 1. The second kappa shape index (κ2) is 8.85. The van der Waals surface area contributed by atoms with Crippen LogP contribution in [0.4, 0.5) is 24.5 Å². The average Bonchev–Trinajstić information content (AvgIpc) is 2.65. The topological polar surface area (TPSA) is 74.8 Å². The Bertz CT molecular complexity index is 701. The number of nitrogens with zero attached hydrogens (tertiary/aromatic N) is 3. The fraction of sp³-hybridized carbons (Fsp3) is 0.471. The Hall–Kier alpha value is -2.62. The molecule has 1 N–H and O–H groups in total. The van der Waals surface area contributed by atoms with Gasteiger partial charge in [-0.15, -0.1) is 0 Å². The minimum atomic E-state index is -4.16. The van der Waals surface area contributed by atoms with Gasteiger partial charge in [0.1, 0.15) is 0 Å². The number of alkyl halides is 3. The standard InChI is InChI=1S/C17H21F3N4O3/c1-3-14(25)22-13-10-12(11-21-15(13)16(26)27-2)24-8-6-23(7-9-24)5-4-17(18,19)20/h3,10-11H,1,4-9H2,2H3,(H,22,25). The van der Waals surface area contributed by atoms with Crippen LogP contribution in [0.15, 0.2) is 24.9 Å². The van der Waals surface area contributed by atoms with Gasteiger partial charge in [0.15, 0.2) is 5.69 Å². The highest BCUT2D eigenvalue weighted by molar-refractivity contribution is 6.04. The lowest BCUT2D eigenvalue weighted by molar-refractivity contribution is -0.138. The van der Waals surface area contributed by atoms with Gasteiger partial charge in [0.05, 0.1) is 31.1 Å². The number of ether oxygens (including phenoxy) is 1. The van der Waals surface area contributed by atoms with Crippen molar-refractivity contribution in [3.63, 3.8) is 0 Å². The summed E-state index contributed by atoms with van der Waals surface area (Å²) < 4.78 is 41.7. The van der Waals surface area contributed by atoms with E-state index in [9.17, 15) is 22.8 Å². The molecule has 0 atom stereocenters. The number of halogens is 3. The van der Waals surface area contributed by atoms with Gasteiger partial charge >= 0.3 is 12.1 Å². The number of carbonyl (C=O) groups is 2. The van der Waals surface area contributed by atoms with Crippen molar-refractivity contribution >= 4 is 23.3 Å². The number of amides is 1. The van der Waals surface area contributed by atoms with E-state index >= 15 is 0 Å². The first-order valence-electron chi connectivity index (χ1n) is 8.29. The summed E-state index contributed by atoms with van der Waals surface area (Å²) >= 11 is 0. The van der Waals surface area contributed by atoms with Crippen LogP contribution in [0.1, 0.15) is 16.9 Å². The minimum absolute atomic E-state index is 0.0302. The monoisotopic (exact) mass is 386 g/mol. The summed E-state index contributed by atoms with van der Waals surface area (Å²) in [6, 6.07) is 1.59. The van der Waals surface area contributed by atoms with Crippen molar-refractivity contribution < 1.29 is 27.5 Å². The summed E-state index contributed by atoms with van der Waals surface area (Å²) in [4.78, 5) is 31.2. The van der Waals surface area contributed by atoms with E-state index in [1.54, 1.807) is 11.0 Å². The molecule has 1 amide bonds. The third-order valence-corrected chi connectivity index (χ3v) is 4.14. The van der Waals surface area contributed by atoms with Crippen molar-refractivity contribution in [3.8, 4) is 0 Å². The molecule has 1 aromatic heterocycles. The van der Waals surface area contributed by atoms with Gasteiger partial charge in [-0.2, -0.15) is 13.2 Å². The number of aromatic nitrogens is 1. The fourth-order valence-corrected chi connectivity index (χ4v) is 2.68. The molecule has 148 valence electrons. The maximum Gasteiger partial charge on any atom is 0.390 e. The Kier molecular flexibility index (Phi) is 6.78. The molecule has 1 fully saturated rings. The molecule has 0 radical (unpaired) electrons. The molecule has 1 aliphatic rings. The molecular formula is C17H21F3N4O3. The minimum Gasteiger partial charge on any atom is -0.464 e. The molecule has 2 rings (SSSR count). The van der Waals surface area contributed by atoms with E-state index in [2.05, 4.69) is 21.6 Å². The zero-order valence-corrected chi connectivity index (χ0v) is 14.9. The Morgan fingerprint density at radius 3 is 2.56 bits per heavy atom. The first-order valence-corrected chi connectivity index (χ1v) is 8.29. The number of anilines is 2. The predicted octanol–water partition coefficient (Wildman–Crippen LogP) is 2.07. The molecule has 0 saturated carbocycles. The van der Waals surface area contributed by atoms with E-state index < -0.39 is 24.5 Å². The van der Waals surface area contributed by atoms with Gasteiger partial charge in [0.25, 0.3) is 0 Å². The molecule has 1 aromatic rings. The normalized spacial score (nSPS) is 15.3. The number of hydrogen-bond acceptors (Lipinski definition) is 6. The van der Waals surface area contributed by atoms with Crippen molar-refractivity contribution in [2.75, 3.05) is 50.1 Å². The summed E-state index contributed by atoms with van der Waals surface area (Å²) in [6.45, 7) is 5.29. The number of rotatable bonds is 6. The molecule has 0 spiro atoms. The fourth-order valence-electron chi connectivity index (χ4n) is 2.68. The summed E-state index contributed by atoms with van der Waals surface area (Å²) in [5, 5.41) is 2.52. The maximum absolute atomic E-state index is 12.3. The van der Waals surface area contributed by atoms with Crippen molar-refractivity contribution in [3.05, 3.63) is 30.6 Å². The SMILES string of the molecule is C=CC(=O)Nc1cc(N2CCN(CCC(F)(F)F)CC2)cnc1C(=O)OC. The van der Waals surface area contributed by atoms with Gasteiger partial charge < -0.3 is 15.0 Å². The quantitative estimate of drug-likeness (QED) is 0.596. The van der Waals surface area contributed by atoms with Crippen LogP contribution in [0.3, 0.4) is 0 Å². The van der Waals surface area contributed by atoms with Crippen LogP contribution in [-0.4, -0.2) is 67.8 Å². The number of carbonyl (C=O) groups excluding carboxylic acids is 2. The van der Waals surface area contributed by atoms with Crippen LogP contribution in [-0.2, 0) is 9.53 Å². The van der Waals surface area contributed by atoms with E-state index in [0.29, 0.717) is 31.9 Å². The van der Waals surface area contributed by atoms with E-state index in [1.807, 2.05) is 4.90 Å². The van der Waals surface area contributed by atoms with Gasteiger partial charge in [0, 0.05) is 32.7 Å². The van der Waals surface area contributed by atoms with E-state index in [4.69, 9.17) is 0 Å². The average molecular weight is 386 g/mol. The van der Waals surface area contributed by atoms with Gasteiger partial charge in [-0.25, -0.2) is 9.78 Å². The van der Waals surface area contributed by atoms with Gasteiger partial charge in [-0.1, -0.05) is 6.58 Å². The highest BCUT2D eigenvalue weighted by Gasteiger charge is 2.29. The largest absolute Gasteiger partial charge is 0.464 e. The molecule has 1 saturated heterocycles. The summed E-state index contributed by atoms with van der Waals surface area (Å²) in [5.74, 6) is -1.20. The van der Waals surface area contributed by atoms with Crippen molar-refractivity contribution in [1.82, 2.24) is 9.88 Å². The second-order valence-corrected chi connectivity index (χ2v) is 5.97. The summed E-state index contributed by atoms with van der Waals surface area (Å²) in [6.07, 6.45) is -2.46. The second-order valence-electron chi connectivity index (χ2n) is 5.97. The van der Waals surface area contributed by atoms with E-state index in [-0.39, 0.29) is 17.9 Å². The molecule has 0 unspecified atom stereocenters. The number of hydrogen-bond donors (Lipinski definition) is 1. The Morgan fingerprint density at radius 2 is 2.00 bits per heavy atom. The lowest BCUT2D eigenvalue weighted by Crippen LogP contribution is -2.47. The molecule has 7 nitrogen and oxygen atoms in total. The highest BCUT2D eigenvalue weighted by atomic mass is 19.4. The number of nitrogens with one attached hydrogen (secondary N) is 1. The predicted molar refractivity (Wildman–Crippen MR) is 93.7 cm³/mol. The van der Waals surface area contributed by atoms with Crippen LogP contribution in [0.2, 0.25) is 0 Å².